The van der Waals surface area contributed by atoms with Gasteiger partial charge in [-0.2, -0.15) is 0 Å². The van der Waals surface area contributed by atoms with Crippen LogP contribution in [0.15, 0.2) is 24.3 Å². The molecular formula is C15H20FNO2. The molecule has 0 N–H and O–H groups in total. The van der Waals surface area contributed by atoms with Crippen LogP contribution in [-0.2, 0) is 16.0 Å². The second-order valence-electron chi connectivity index (χ2n) is 5.48. The smallest absolute Gasteiger partial charge is 0.123 e. The second-order valence-corrected chi connectivity index (χ2v) is 5.48. The Morgan fingerprint density at radius 2 is 2.05 bits per heavy atom. The van der Waals surface area contributed by atoms with Crippen molar-refractivity contribution in [1.82, 2.24) is 4.90 Å². The SMILES string of the molecule is COC1C[C@H]2COC[C@@H](C1)N2Cc1cccc(F)c1. The number of fused-ring (bicyclic) bond motifs is 2. The van der Waals surface area contributed by atoms with E-state index < -0.39 is 0 Å². The summed E-state index contributed by atoms with van der Waals surface area (Å²) in [6.07, 6.45) is 2.34. The molecule has 1 unspecified atom stereocenters. The number of halogens is 1. The van der Waals surface area contributed by atoms with Crippen molar-refractivity contribution in [3.8, 4) is 0 Å². The maximum Gasteiger partial charge on any atom is 0.123 e. The lowest BCUT2D eigenvalue weighted by Crippen LogP contribution is -2.57. The Morgan fingerprint density at radius 3 is 2.68 bits per heavy atom. The molecule has 0 aliphatic carbocycles. The fraction of sp³-hybridized carbons (Fsp3) is 0.600. The average molecular weight is 265 g/mol. The molecule has 0 aromatic heterocycles. The summed E-state index contributed by atoms with van der Waals surface area (Å²) < 4.78 is 24.4. The summed E-state index contributed by atoms with van der Waals surface area (Å²) in [5.74, 6) is -0.161. The number of piperidine rings is 1. The van der Waals surface area contributed by atoms with Gasteiger partial charge in [-0.05, 0) is 30.5 Å². The van der Waals surface area contributed by atoms with Crippen molar-refractivity contribution in [3.63, 3.8) is 0 Å². The standard InChI is InChI=1S/C15H20FNO2/c1-18-15-6-13-9-19-10-14(7-15)17(13)8-11-3-2-4-12(16)5-11/h2-5,13-15H,6-10H2,1H3/t13-,14+,15?. The Balaban J connectivity index is 1.73. The Hall–Kier alpha value is -0.970. The molecule has 2 aliphatic rings. The van der Waals surface area contributed by atoms with Gasteiger partial charge in [0.05, 0.1) is 19.3 Å². The molecule has 2 bridgehead atoms. The lowest BCUT2D eigenvalue weighted by molar-refractivity contribution is -0.115. The van der Waals surface area contributed by atoms with Crippen LogP contribution in [0, 0.1) is 5.82 Å². The van der Waals surface area contributed by atoms with Crippen LogP contribution in [0.4, 0.5) is 4.39 Å². The molecule has 3 rings (SSSR count). The summed E-state index contributed by atoms with van der Waals surface area (Å²) in [6.45, 7) is 2.31. The average Bonchev–Trinajstić information content (AvgIpc) is 2.38. The van der Waals surface area contributed by atoms with Crippen molar-refractivity contribution < 1.29 is 13.9 Å². The van der Waals surface area contributed by atoms with E-state index in [1.807, 2.05) is 6.07 Å². The zero-order valence-corrected chi connectivity index (χ0v) is 11.2. The molecule has 1 aromatic carbocycles. The summed E-state index contributed by atoms with van der Waals surface area (Å²) in [4.78, 5) is 2.45. The Labute approximate surface area is 113 Å². The quantitative estimate of drug-likeness (QED) is 0.836. The lowest BCUT2D eigenvalue weighted by atomic mass is 9.91. The fourth-order valence-electron chi connectivity index (χ4n) is 3.24. The van der Waals surface area contributed by atoms with E-state index in [2.05, 4.69) is 4.90 Å². The minimum Gasteiger partial charge on any atom is -0.381 e. The van der Waals surface area contributed by atoms with Crippen LogP contribution in [0.5, 0.6) is 0 Å². The van der Waals surface area contributed by atoms with Crippen molar-refractivity contribution >= 4 is 0 Å². The number of hydrogen-bond donors (Lipinski definition) is 0. The van der Waals surface area contributed by atoms with Crippen molar-refractivity contribution in [3.05, 3.63) is 35.6 Å². The number of hydrogen-bond acceptors (Lipinski definition) is 3. The van der Waals surface area contributed by atoms with E-state index in [-0.39, 0.29) is 5.82 Å². The number of methoxy groups -OCH3 is 1. The predicted molar refractivity (Wildman–Crippen MR) is 70.4 cm³/mol. The number of ether oxygens (including phenoxy) is 2. The number of nitrogens with zero attached hydrogens (tertiary/aromatic N) is 1. The van der Waals surface area contributed by atoms with Gasteiger partial charge in [0.25, 0.3) is 0 Å². The van der Waals surface area contributed by atoms with Gasteiger partial charge in [0.15, 0.2) is 0 Å². The molecule has 0 spiro atoms. The molecular weight excluding hydrogens is 245 g/mol. The maximum atomic E-state index is 13.3. The molecule has 2 saturated heterocycles. The first-order valence-corrected chi connectivity index (χ1v) is 6.87. The molecule has 2 aliphatic heterocycles. The minimum absolute atomic E-state index is 0.161. The van der Waals surface area contributed by atoms with Crippen molar-refractivity contribution in [2.24, 2.45) is 0 Å². The van der Waals surface area contributed by atoms with Crippen molar-refractivity contribution in [2.45, 2.75) is 37.6 Å². The van der Waals surface area contributed by atoms with Crippen LogP contribution in [0.2, 0.25) is 0 Å². The zero-order chi connectivity index (χ0) is 13.2. The molecule has 104 valence electrons. The van der Waals surface area contributed by atoms with Crippen LogP contribution < -0.4 is 0 Å². The highest BCUT2D eigenvalue weighted by Gasteiger charge is 2.38. The van der Waals surface area contributed by atoms with Gasteiger partial charge in [0.2, 0.25) is 0 Å². The topological polar surface area (TPSA) is 21.7 Å². The van der Waals surface area contributed by atoms with E-state index in [4.69, 9.17) is 9.47 Å². The summed E-state index contributed by atoms with van der Waals surface area (Å²) >= 11 is 0. The summed E-state index contributed by atoms with van der Waals surface area (Å²) in [5.41, 5.74) is 1.03. The lowest BCUT2D eigenvalue weighted by Gasteiger charge is -2.48. The monoisotopic (exact) mass is 265 g/mol. The highest BCUT2D eigenvalue weighted by atomic mass is 19.1. The van der Waals surface area contributed by atoms with Gasteiger partial charge in [0.1, 0.15) is 5.82 Å². The first-order valence-electron chi connectivity index (χ1n) is 6.87. The van der Waals surface area contributed by atoms with Crippen LogP contribution in [0.25, 0.3) is 0 Å². The Kier molecular flexibility index (Phi) is 3.82. The molecule has 19 heavy (non-hydrogen) atoms. The van der Waals surface area contributed by atoms with E-state index in [1.54, 1.807) is 19.2 Å². The van der Waals surface area contributed by atoms with Gasteiger partial charge in [0, 0.05) is 25.7 Å². The van der Waals surface area contributed by atoms with Crippen LogP contribution in [0.3, 0.4) is 0 Å². The molecule has 3 atom stereocenters. The van der Waals surface area contributed by atoms with E-state index in [0.29, 0.717) is 18.2 Å². The largest absolute Gasteiger partial charge is 0.381 e. The number of morpholine rings is 1. The predicted octanol–water partition coefficient (Wildman–Crippen LogP) is 2.20. The molecule has 2 fully saturated rings. The van der Waals surface area contributed by atoms with Crippen LogP contribution >= 0.6 is 0 Å². The van der Waals surface area contributed by atoms with Crippen molar-refractivity contribution in [1.29, 1.82) is 0 Å². The summed E-state index contributed by atoms with van der Waals surface area (Å²) in [6, 6.07) is 7.66. The third-order valence-corrected chi connectivity index (χ3v) is 4.22. The van der Waals surface area contributed by atoms with Gasteiger partial charge < -0.3 is 9.47 Å². The third-order valence-electron chi connectivity index (χ3n) is 4.22. The highest BCUT2D eigenvalue weighted by molar-refractivity contribution is 5.17. The van der Waals surface area contributed by atoms with Gasteiger partial charge in [-0.15, -0.1) is 0 Å². The third kappa shape index (κ3) is 2.81. The number of rotatable bonds is 3. The molecule has 3 nitrogen and oxygen atoms in total. The van der Waals surface area contributed by atoms with Gasteiger partial charge in [-0.1, -0.05) is 12.1 Å². The van der Waals surface area contributed by atoms with Gasteiger partial charge in [-0.25, -0.2) is 4.39 Å². The zero-order valence-electron chi connectivity index (χ0n) is 11.2. The first-order chi connectivity index (χ1) is 9.26. The molecule has 0 amide bonds. The van der Waals surface area contributed by atoms with E-state index in [1.165, 1.54) is 6.07 Å². The van der Waals surface area contributed by atoms with Crippen LogP contribution in [-0.4, -0.2) is 43.4 Å². The molecule has 1 aromatic rings. The molecule has 0 saturated carbocycles. The second kappa shape index (κ2) is 5.57. The normalized spacial score (nSPS) is 31.4. The van der Waals surface area contributed by atoms with Gasteiger partial charge >= 0.3 is 0 Å². The fourth-order valence-corrected chi connectivity index (χ4v) is 3.24. The van der Waals surface area contributed by atoms with Gasteiger partial charge in [-0.3, -0.25) is 4.90 Å². The summed E-state index contributed by atoms with van der Waals surface area (Å²) in [5, 5.41) is 0. The number of benzene rings is 1. The molecule has 4 heteroatoms. The highest BCUT2D eigenvalue weighted by Crippen LogP contribution is 2.30. The minimum atomic E-state index is -0.161. The summed E-state index contributed by atoms with van der Waals surface area (Å²) in [7, 11) is 1.78. The molecule has 2 heterocycles. The first kappa shape index (κ1) is 13.0. The maximum absolute atomic E-state index is 13.3. The van der Waals surface area contributed by atoms with E-state index >= 15 is 0 Å². The van der Waals surface area contributed by atoms with E-state index in [0.717, 1.165) is 38.2 Å². The van der Waals surface area contributed by atoms with E-state index in [9.17, 15) is 4.39 Å². The Morgan fingerprint density at radius 1 is 1.32 bits per heavy atom. The van der Waals surface area contributed by atoms with Crippen LogP contribution in [0.1, 0.15) is 18.4 Å². The molecule has 0 radical (unpaired) electrons. The van der Waals surface area contributed by atoms with Crippen molar-refractivity contribution in [2.75, 3.05) is 20.3 Å². The Bertz CT molecular complexity index is 426.